The number of ketones is 1. The van der Waals surface area contributed by atoms with Crippen molar-refractivity contribution in [3.05, 3.63) is 11.1 Å². The molecule has 1 heterocycles. The summed E-state index contributed by atoms with van der Waals surface area (Å²) in [4.78, 5) is 25.0. The van der Waals surface area contributed by atoms with E-state index in [4.69, 9.17) is 5.11 Å². The van der Waals surface area contributed by atoms with Crippen LogP contribution in [0.1, 0.15) is 30.3 Å². The Morgan fingerprint density at radius 2 is 2.17 bits per heavy atom. The van der Waals surface area contributed by atoms with Crippen LogP contribution in [0.15, 0.2) is 5.38 Å². The first kappa shape index (κ1) is 14.6. The Hall–Kier alpha value is -1.48. The highest BCUT2D eigenvalue weighted by atomic mass is 32.2. The molecule has 0 aliphatic carbocycles. The lowest BCUT2D eigenvalue weighted by Gasteiger charge is -2.03. The molecule has 0 spiro atoms. The summed E-state index contributed by atoms with van der Waals surface area (Å²) in [6.07, 6.45) is -0.187. The van der Waals surface area contributed by atoms with Gasteiger partial charge in [-0.05, 0) is 6.42 Å². The normalized spacial score (nSPS) is 11.2. The maximum atomic E-state index is 11.5. The van der Waals surface area contributed by atoms with Crippen LogP contribution in [0.4, 0.5) is 5.13 Å². The van der Waals surface area contributed by atoms with Crippen LogP contribution in [-0.2, 0) is 14.8 Å². The van der Waals surface area contributed by atoms with E-state index in [1.54, 1.807) is 0 Å². The zero-order valence-electron chi connectivity index (χ0n) is 9.54. The summed E-state index contributed by atoms with van der Waals surface area (Å²) in [6, 6.07) is 0. The van der Waals surface area contributed by atoms with E-state index in [0.29, 0.717) is 0 Å². The third-order valence-corrected chi connectivity index (χ3v) is 4.13. The van der Waals surface area contributed by atoms with E-state index in [9.17, 15) is 18.0 Å². The molecule has 7 nitrogen and oxygen atoms in total. The van der Waals surface area contributed by atoms with Crippen molar-refractivity contribution in [1.82, 2.24) is 4.98 Å². The Morgan fingerprint density at radius 3 is 2.67 bits per heavy atom. The number of aliphatic carboxylic acids is 1. The highest BCUT2D eigenvalue weighted by molar-refractivity contribution is 7.92. The van der Waals surface area contributed by atoms with Crippen molar-refractivity contribution >= 4 is 38.2 Å². The maximum Gasteiger partial charge on any atom is 0.303 e. The molecule has 0 radical (unpaired) electrons. The van der Waals surface area contributed by atoms with E-state index < -0.39 is 16.0 Å². The molecule has 0 bridgehead atoms. The number of anilines is 1. The van der Waals surface area contributed by atoms with Crippen LogP contribution in [0.25, 0.3) is 0 Å². The van der Waals surface area contributed by atoms with Gasteiger partial charge in [0.15, 0.2) is 10.9 Å². The highest BCUT2D eigenvalue weighted by Crippen LogP contribution is 2.17. The van der Waals surface area contributed by atoms with Crippen molar-refractivity contribution < 1.29 is 23.1 Å². The van der Waals surface area contributed by atoms with Gasteiger partial charge in [-0.1, -0.05) is 0 Å². The van der Waals surface area contributed by atoms with Gasteiger partial charge in [0.1, 0.15) is 5.69 Å². The van der Waals surface area contributed by atoms with E-state index in [1.165, 1.54) is 12.3 Å². The SMILES string of the molecule is CC(=O)c1csc(NS(=O)(=O)CCCC(=O)O)n1. The zero-order chi connectivity index (χ0) is 13.8. The van der Waals surface area contributed by atoms with Crippen LogP contribution in [0.3, 0.4) is 0 Å². The van der Waals surface area contributed by atoms with Crippen molar-refractivity contribution in [2.24, 2.45) is 0 Å². The van der Waals surface area contributed by atoms with Gasteiger partial charge in [-0.3, -0.25) is 14.3 Å². The fourth-order valence-corrected chi connectivity index (χ4v) is 3.18. The Kier molecular flexibility index (Phi) is 4.79. The molecule has 0 saturated carbocycles. The maximum absolute atomic E-state index is 11.5. The number of rotatable bonds is 7. The minimum absolute atomic E-state index is 0.0234. The van der Waals surface area contributed by atoms with Gasteiger partial charge in [0.25, 0.3) is 0 Å². The van der Waals surface area contributed by atoms with Crippen molar-refractivity contribution in [2.75, 3.05) is 10.5 Å². The number of aromatic nitrogens is 1. The number of thiazole rings is 1. The molecule has 0 atom stereocenters. The first-order chi connectivity index (χ1) is 8.30. The summed E-state index contributed by atoms with van der Waals surface area (Å²) in [5.41, 5.74) is 0.197. The summed E-state index contributed by atoms with van der Waals surface area (Å²) in [5.74, 6) is -1.59. The van der Waals surface area contributed by atoms with Gasteiger partial charge in [-0.2, -0.15) is 0 Å². The highest BCUT2D eigenvalue weighted by Gasteiger charge is 2.14. The van der Waals surface area contributed by atoms with Crippen LogP contribution >= 0.6 is 11.3 Å². The molecular formula is C9H12N2O5S2. The summed E-state index contributed by atoms with van der Waals surface area (Å²) >= 11 is 1.01. The molecule has 2 N–H and O–H groups in total. The molecule has 1 aromatic heterocycles. The molecule has 0 saturated heterocycles. The molecule has 9 heteroatoms. The van der Waals surface area contributed by atoms with E-state index in [1.807, 2.05) is 0 Å². The quantitative estimate of drug-likeness (QED) is 0.723. The number of hydrogen-bond donors (Lipinski definition) is 2. The van der Waals surface area contributed by atoms with Crippen LogP contribution in [0.5, 0.6) is 0 Å². The number of nitrogens with zero attached hydrogens (tertiary/aromatic N) is 1. The first-order valence-electron chi connectivity index (χ1n) is 4.99. The Morgan fingerprint density at radius 1 is 1.50 bits per heavy atom. The minimum Gasteiger partial charge on any atom is -0.481 e. The molecular weight excluding hydrogens is 280 g/mol. The number of carboxylic acids is 1. The Labute approximate surface area is 108 Å². The Bertz CT molecular complexity index is 549. The smallest absolute Gasteiger partial charge is 0.303 e. The summed E-state index contributed by atoms with van der Waals surface area (Å²) in [7, 11) is -3.62. The van der Waals surface area contributed by atoms with Gasteiger partial charge in [-0.15, -0.1) is 11.3 Å². The number of Topliss-reactive ketones (excluding diaryl/α,β-unsaturated/α-hetero) is 1. The monoisotopic (exact) mass is 292 g/mol. The van der Waals surface area contributed by atoms with Crippen molar-refractivity contribution in [3.63, 3.8) is 0 Å². The van der Waals surface area contributed by atoms with Crippen molar-refractivity contribution in [3.8, 4) is 0 Å². The fraction of sp³-hybridized carbons (Fsp3) is 0.444. The summed E-state index contributed by atoms with van der Waals surface area (Å²) in [6.45, 7) is 1.33. The third kappa shape index (κ3) is 4.80. The zero-order valence-corrected chi connectivity index (χ0v) is 11.2. The summed E-state index contributed by atoms with van der Waals surface area (Å²) < 4.78 is 25.3. The molecule has 0 fully saturated rings. The predicted molar refractivity (Wildman–Crippen MR) is 66.4 cm³/mol. The molecule has 0 aromatic carbocycles. The minimum atomic E-state index is -3.62. The van der Waals surface area contributed by atoms with Gasteiger partial charge < -0.3 is 5.11 Å². The molecule has 0 aliphatic rings. The van der Waals surface area contributed by atoms with Crippen LogP contribution in [0, 0.1) is 0 Å². The lowest BCUT2D eigenvalue weighted by Crippen LogP contribution is -2.17. The van der Waals surface area contributed by atoms with Crippen LogP contribution in [0.2, 0.25) is 0 Å². The average Bonchev–Trinajstić information content (AvgIpc) is 2.64. The van der Waals surface area contributed by atoms with Crippen molar-refractivity contribution in [1.29, 1.82) is 0 Å². The average molecular weight is 292 g/mol. The summed E-state index contributed by atoms with van der Waals surface area (Å²) in [5, 5.41) is 9.96. The number of nitrogens with one attached hydrogen (secondary N) is 1. The largest absolute Gasteiger partial charge is 0.481 e. The third-order valence-electron chi connectivity index (χ3n) is 1.91. The second-order valence-electron chi connectivity index (χ2n) is 3.51. The first-order valence-corrected chi connectivity index (χ1v) is 7.52. The van der Waals surface area contributed by atoms with Gasteiger partial charge in [0.05, 0.1) is 5.75 Å². The molecule has 18 heavy (non-hydrogen) atoms. The number of carboxylic acid groups (broad SMARTS) is 1. The van der Waals surface area contributed by atoms with Crippen molar-refractivity contribution in [2.45, 2.75) is 19.8 Å². The van der Waals surface area contributed by atoms with E-state index in [-0.39, 0.29) is 35.2 Å². The number of carbonyl (C=O) groups is 2. The van der Waals surface area contributed by atoms with E-state index in [2.05, 4.69) is 9.71 Å². The molecule has 1 aromatic rings. The van der Waals surface area contributed by atoms with Gasteiger partial charge in [-0.25, -0.2) is 13.4 Å². The lowest BCUT2D eigenvalue weighted by atomic mass is 10.3. The topological polar surface area (TPSA) is 113 Å². The van der Waals surface area contributed by atoms with Crippen LogP contribution in [-0.4, -0.2) is 36.0 Å². The number of sulfonamides is 1. The van der Waals surface area contributed by atoms with E-state index >= 15 is 0 Å². The molecule has 0 aliphatic heterocycles. The standard InChI is InChI=1S/C9H12N2O5S2/c1-6(12)7-5-17-9(10-7)11-18(15,16)4-2-3-8(13)14/h5H,2-4H2,1H3,(H,10,11)(H,13,14). The number of carbonyl (C=O) groups excluding carboxylic acids is 1. The predicted octanol–water partition coefficient (Wildman–Crippen LogP) is 0.952. The van der Waals surface area contributed by atoms with Gasteiger partial charge in [0.2, 0.25) is 10.0 Å². The lowest BCUT2D eigenvalue weighted by molar-refractivity contribution is -0.137. The second-order valence-corrected chi connectivity index (χ2v) is 6.21. The van der Waals surface area contributed by atoms with Crippen LogP contribution < -0.4 is 4.72 Å². The number of hydrogen-bond acceptors (Lipinski definition) is 6. The molecule has 1 rings (SSSR count). The fourth-order valence-electron chi connectivity index (χ4n) is 1.08. The Balaban J connectivity index is 2.59. The van der Waals surface area contributed by atoms with Gasteiger partial charge >= 0.3 is 5.97 Å². The molecule has 100 valence electrons. The molecule has 0 amide bonds. The molecule has 0 unspecified atom stereocenters. The van der Waals surface area contributed by atoms with E-state index in [0.717, 1.165) is 11.3 Å². The van der Waals surface area contributed by atoms with Gasteiger partial charge in [0, 0.05) is 18.7 Å². The second kappa shape index (κ2) is 5.91.